The molecule has 1 aromatic carbocycles. The van der Waals surface area contributed by atoms with Crippen molar-refractivity contribution in [1.82, 2.24) is 9.97 Å². The Bertz CT molecular complexity index is 665. The van der Waals surface area contributed by atoms with E-state index in [4.69, 9.17) is 4.74 Å². The van der Waals surface area contributed by atoms with Crippen LogP contribution in [-0.4, -0.2) is 17.1 Å². The lowest BCUT2D eigenvalue weighted by Gasteiger charge is -2.05. The van der Waals surface area contributed by atoms with Crippen LogP contribution in [0.4, 0.5) is 0 Å². The number of methoxy groups -OCH3 is 1. The van der Waals surface area contributed by atoms with Crippen LogP contribution in [-0.2, 0) is 18.6 Å². The number of aromatic amines is 1. The van der Waals surface area contributed by atoms with Crippen LogP contribution in [0.25, 0.3) is 0 Å². The Kier molecular flexibility index (Phi) is 3.78. The zero-order chi connectivity index (χ0) is 13.9. The van der Waals surface area contributed by atoms with Crippen LogP contribution in [0.5, 0.6) is 5.75 Å². The summed E-state index contributed by atoms with van der Waals surface area (Å²) >= 11 is 1.56. The van der Waals surface area contributed by atoms with Crippen LogP contribution < -0.4 is 10.3 Å². The molecule has 104 valence electrons. The van der Waals surface area contributed by atoms with E-state index in [0.29, 0.717) is 5.16 Å². The third kappa shape index (κ3) is 2.72. The lowest BCUT2D eigenvalue weighted by atomic mass is 10.2. The highest BCUT2D eigenvalue weighted by atomic mass is 32.2. The Morgan fingerprint density at radius 2 is 2.10 bits per heavy atom. The van der Waals surface area contributed by atoms with Gasteiger partial charge in [0.15, 0.2) is 5.16 Å². The number of H-pyrrole nitrogens is 1. The van der Waals surface area contributed by atoms with Crippen molar-refractivity contribution in [2.75, 3.05) is 7.11 Å². The highest BCUT2D eigenvalue weighted by Crippen LogP contribution is 2.23. The minimum atomic E-state index is 0.0322. The van der Waals surface area contributed by atoms with Crippen LogP contribution in [0.2, 0.25) is 0 Å². The van der Waals surface area contributed by atoms with Gasteiger partial charge >= 0.3 is 0 Å². The standard InChI is InChI=1S/C15H16N2O2S/c1-19-11-7-5-10(6-8-11)9-20-15-16-13-4-2-3-12(13)14(18)17-15/h5-8H,2-4,9H2,1H3,(H,16,17,18). The Hall–Kier alpha value is -1.75. The smallest absolute Gasteiger partial charge is 0.254 e. The topological polar surface area (TPSA) is 55.0 Å². The minimum Gasteiger partial charge on any atom is -0.497 e. The molecule has 1 aliphatic rings. The largest absolute Gasteiger partial charge is 0.497 e. The Balaban J connectivity index is 1.72. The fraction of sp³-hybridized carbons (Fsp3) is 0.333. The van der Waals surface area contributed by atoms with Gasteiger partial charge in [0.05, 0.1) is 12.8 Å². The van der Waals surface area contributed by atoms with Gasteiger partial charge in [-0.25, -0.2) is 4.98 Å². The summed E-state index contributed by atoms with van der Waals surface area (Å²) in [6.07, 6.45) is 2.83. The van der Waals surface area contributed by atoms with Crippen LogP contribution in [0.15, 0.2) is 34.2 Å². The minimum absolute atomic E-state index is 0.0322. The molecule has 0 spiro atoms. The van der Waals surface area contributed by atoms with Crippen molar-refractivity contribution in [3.63, 3.8) is 0 Å². The van der Waals surface area contributed by atoms with Gasteiger partial charge in [0.2, 0.25) is 0 Å². The molecule has 0 saturated carbocycles. The average Bonchev–Trinajstić information content (AvgIpc) is 2.94. The van der Waals surface area contributed by atoms with Gasteiger partial charge in [0.25, 0.3) is 5.56 Å². The summed E-state index contributed by atoms with van der Waals surface area (Å²) in [5.41, 5.74) is 3.06. The van der Waals surface area contributed by atoms with Gasteiger partial charge in [-0.1, -0.05) is 23.9 Å². The fourth-order valence-electron chi connectivity index (χ4n) is 2.36. The van der Waals surface area contributed by atoms with Gasteiger partial charge < -0.3 is 9.72 Å². The zero-order valence-electron chi connectivity index (χ0n) is 11.3. The molecule has 0 unspecified atom stereocenters. The first-order valence-electron chi connectivity index (χ1n) is 6.64. The van der Waals surface area contributed by atoms with Crippen LogP contribution in [0.3, 0.4) is 0 Å². The molecule has 0 bridgehead atoms. The van der Waals surface area contributed by atoms with Crippen molar-refractivity contribution in [2.45, 2.75) is 30.2 Å². The summed E-state index contributed by atoms with van der Waals surface area (Å²) in [4.78, 5) is 19.3. The lowest BCUT2D eigenvalue weighted by Crippen LogP contribution is -2.14. The number of hydrogen-bond donors (Lipinski definition) is 1. The Morgan fingerprint density at radius 3 is 2.85 bits per heavy atom. The van der Waals surface area contributed by atoms with Crippen LogP contribution in [0, 0.1) is 0 Å². The molecule has 0 fully saturated rings. The van der Waals surface area contributed by atoms with Gasteiger partial charge in [0, 0.05) is 11.3 Å². The van der Waals surface area contributed by atoms with E-state index in [1.54, 1.807) is 18.9 Å². The van der Waals surface area contributed by atoms with Crippen molar-refractivity contribution in [1.29, 1.82) is 0 Å². The van der Waals surface area contributed by atoms with E-state index >= 15 is 0 Å². The zero-order valence-corrected chi connectivity index (χ0v) is 12.1. The van der Waals surface area contributed by atoms with E-state index in [-0.39, 0.29) is 5.56 Å². The van der Waals surface area contributed by atoms with Crippen LogP contribution in [0.1, 0.15) is 23.2 Å². The maximum atomic E-state index is 11.9. The van der Waals surface area contributed by atoms with E-state index in [1.165, 1.54) is 5.56 Å². The Labute approximate surface area is 121 Å². The maximum absolute atomic E-state index is 11.9. The molecule has 0 amide bonds. The molecule has 0 saturated heterocycles. The molecule has 0 atom stereocenters. The molecule has 1 aliphatic carbocycles. The maximum Gasteiger partial charge on any atom is 0.254 e. The molecule has 5 heteroatoms. The molecular weight excluding hydrogens is 272 g/mol. The number of thioether (sulfide) groups is 1. The highest BCUT2D eigenvalue weighted by Gasteiger charge is 2.17. The first-order chi connectivity index (χ1) is 9.76. The number of aromatic nitrogens is 2. The normalized spacial score (nSPS) is 13.2. The fourth-order valence-corrected chi connectivity index (χ4v) is 3.20. The summed E-state index contributed by atoms with van der Waals surface area (Å²) in [7, 11) is 1.66. The third-order valence-corrected chi connectivity index (χ3v) is 4.40. The molecule has 0 radical (unpaired) electrons. The molecule has 3 rings (SSSR count). The number of fused-ring (bicyclic) bond motifs is 1. The summed E-state index contributed by atoms with van der Waals surface area (Å²) in [6, 6.07) is 7.93. The third-order valence-electron chi connectivity index (χ3n) is 3.45. The van der Waals surface area contributed by atoms with E-state index in [0.717, 1.165) is 42.0 Å². The van der Waals surface area contributed by atoms with Gasteiger partial charge in [-0.05, 0) is 37.0 Å². The molecule has 1 heterocycles. The van der Waals surface area contributed by atoms with Crippen molar-refractivity contribution >= 4 is 11.8 Å². The molecule has 2 aromatic rings. The molecular formula is C15H16N2O2S. The second kappa shape index (κ2) is 5.71. The van der Waals surface area contributed by atoms with Crippen molar-refractivity contribution < 1.29 is 4.74 Å². The first kappa shape index (κ1) is 13.2. The van der Waals surface area contributed by atoms with Gasteiger partial charge in [-0.15, -0.1) is 0 Å². The molecule has 20 heavy (non-hydrogen) atoms. The lowest BCUT2D eigenvalue weighted by molar-refractivity contribution is 0.414. The SMILES string of the molecule is COc1ccc(CSc2nc3c(c(=O)[nH]2)CCC3)cc1. The van der Waals surface area contributed by atoms with Crippen molar-refractivity contribution in [2.24, 2.45) is 0 Å². The average molecular weight is 288 g/mol. The van der Waals surface area contributed by atoms with Gasteiger partial charge in [-0.2, -0.15) is 0 Å². The van der Waals surface area contributed by atoms with Crippen molar-refractivity contribution in [3.8, 4) is 5.75 Å². The number of ether oxygens (including phenoxy) is 1. The number of nitrogens with zero attached hydrogens (tertiary/aromatic N) is 1. The molecule has 1 N–H and O–H groups in total. The monoisotopic (exact) mass is 288 g/mol. The summed E-state index contributed by atoms with van der Waals surface area (Å²) in [6.45, 7) is 0. The predicted octanol–water partition coefficient (Wildman–Crippen LogP) is 2.56. The molecule has 0 aliphatic heterocycles. The van der Waals surface area contributed by atoms with Gasteiger partial charge in [-0.3, -0.25) is 4.79 Å². The Morgan fingerprint density at radius 1 is 1.30 bits per heavy atom. The van der Waals surface area contributed by atoms with Crippen molar-refractivity contribution in [3.05, 3.63) is 51.4 Å². The quantitative estimate of drug-likeness (QED) is 0.694. The second-order valence-corrected chi connectivity index (χ2v) is 5.75. The summed E-state index contributed by atoms with van der Waals surface area (Å²) < 4.78 is 5.13. The van der Waals surface area contributed by atoms with E-state index in [1.807, 2.05) is 24.3 Å². The van der Waals surface area contributed by atoms with Gasteiger partial charge in [0.1, 0.15) is 5.75 Å². The van der Waals surface area contributed by atoms with Crippen LogP contribution >= 0.6 is 11.8 Å². The van der Waals surface area contributed by atoms with E-state index in [2.05, 4.69) is 9.97 Å². The summed E-state index contributed by atoms with van der Waals surface area (Å²) in [5.74, 6) is 1.63. The second-order valence-electron chi connectivity index (χ2n) is 4.79. The van der Waals surface area contributed by atoms with E-state index in [9.17, 15) is 4.79 Å². The molecule has 1 aromatic heterocycles. The first-order valence-corrected chi connectivity index (χ1v) is 7.62. The highest BCUT2D eigenvalue weighted by molar-refractivity contribution is 7.98. The number of benzene rings is 1. The number of nitrogens with one attached hydrogen (secondary N) is 1. The number of hydrogen-bond acceptors (Lipinski definition) is 4. The summed E-state index contributed by atoms with van der Waals surface area (Å²) in [5, 5.41) is 0.714. The predicted molar refractivity (Wildman–Crippen MR) is 79.4 cm³/mol. The number of aryl methyl sites for hydroxylation is 1. The molecule has 4 nitrogen and oxygen atoms in total. The van der Waals surface area contributed by atoms with E-state index < -0.39 is 0 Å². The number of rotatable bonds is 4.